The van der Waals surface area contributed by atoms with Crippen LogP contribution in [0.5, 0.6) is 5.75 Å². The highest BCUT2D eigenvalue weighted by Gasteiger charge is 2.37. The van der Waals surface area contributed by atoms with Gasteiger partial charge in [0.1, 0.15) is 5.75 Å². The number of piperazine rings is 2. The van der Waals surface area contributed by atoms with Gasteiger partial charge in [-0.1, -0.05) is 12.8 Å². The summed E-state index contributed by atoms with van der Waals surface area (Å²) in [6, 6.07) is 8.20. The molecule has 2 heterocycles. The second-order valence-corrected chi connectivity index (χ2v) is 8.25. The second kappa shape index (κ2) is 9.03. The standard InChI is InChI=1S/C22H32N4O3/c1-29-19-8-6-17(7-9-19)24-12-14-25(15-13-24)21(27)16-20-22(28)23-10-11-26(20)18-4-2-3-5-18/h6-9,18,20H,2-5,10-16H2,1H3,(H,23,28)/t20-/m0/s1. The van der Waals surface area contributed by atoms with Crippen LogP contribution in [0.2, 0.25) is 0 Å². The lowest BCUT2D eigenvalue weighted by molar-refractivity contribution is -0.140. The number of hydrogen-bond acceptors (Lipinski definition) is 5. The fraction of sp³-hybridized carbons (Fsp3) is 0.636. The first-order valence-electron chi connectivity index (χ1n) is 10.9. The molecule has 0 unspecified atom stereocenters. The van der Waals surface area contributed by atoms with Crippen molar-refractivity contribution in [2.45, 2.75) is 44.2 Å². The predicted molar refractivity (Wildman–Crippen MR) is 112 cm³/mol. The Balaban J connectivity index is 1.33. The van der Waals surface area contributed by atoms with Crippen LogP contribution < -0.4 is 15.0 Å². The molecule has 0 spiro atoms. The zero-order valence-corrected chi connectivity index (χ0v) is 17.3. The zero-order chi connectivity index (χ0) is 20.2. The lowest BCUT2D eigenvalue weighted by Crippen LogP contribution is -2.59. The number of ether oxygens (including phenoxy) is 1. The molecule has 1 atom stereocenters. The highest BCUT2D eigenvalue weighted by Crippen LogP contribution is 2.27. The van der Waals surface area contributed by atoms with Gasteiger partial charge in [-0.3, -0.25) is 14.5 Å². The second-order valence-electron chi connectivity index (χ2n) is 8.25. The molecule has 29 heavy (non-hydrogen) atoms. The Labute approximate surface area is 173 Å². The molecule has 3 aliphatic rings. The van der Waals surface area contributed by atoms with Gasteiger partial charge in [0.05, 0.1) is 19.6 Å². The Morgan fingerprint density at radius 1 is 1.07 bits per heavy atom. The molecule has 2 aliphatic heterocycles. The number of hydrogen-bond donors (Lipinski definition) is 1. The Kier molecular flexibility index (Phi) is 6.23. The molecule has 0 bridgehead atoms. The Bertz CT molecular complexity index is 709. The first-order chi connectivity index (χ1) is 14.2. The van der Waals surface area contributed by atoms with E-state index >= 15 is 0 Å². The molecule has 158 valence electrons. The van der Waals surface area contributed by atoms with Gasteiger partial charge in [-0.15, -0.1) is 0 Å². The number of nitrogens with one attached hydrogen (secondary N) is 1. The summed E-state index contributed by atoms with van der Waals surface area (Å²) in [6.07, 6.45) is 5.06. The van der Waals surface area contributed by atoms with Crippen LogP contribution in [0.1, 0.15) is 32.1 Å². The van der Waals surface area contributed by atoms with Gasteiger partial charge >= 0.3 is 0 Å². The van der Waals surface area contributed by atoms with Crippen LogP contribution in [-0.4, -0.2) is 80.1 Å². The lowest BCUT2D eigenvalue weighted by atomic mass is 10.0. The first kappa shape index (κ1) is 20.0. The molecule has 1 aromatic carbocycles. The smallest absolute Gasteiger partial charge is 0.237 e. The molecule has 3 fully saturated rings. The van der Waals surface area contributed by atoms with Crippen LogP contribution in [0.15, 0.2) is 24.3 Å². The van der Waals surface area contributed by atoms with Crippen molar-refractivity contribution in [2.24, 2.45) is 0 Å². The Hall–Kier alpha value is -2.28. The van der Waals surface area contributed by atoms with Gasteiger partial charge in [-0.2, -0.15) is 0 Å². The fourth-order valence-electron chi connectivity index (χ4n) is 4.92. The molecule has 0 radical (unpaired) electrons. The van der Waals surface area contributed by atoms with Crippen molar-refractivity contribution in [3.8, 4) is 5.75 Å². The number of carbonyl (C=O) groups excluding carboxylic acids is 2. The number of anilines is 1. The lowest BCUT2D eigenvalue weighted by Gasteiger charge is -2.41. The monoisotopic (exact) mass is 400 g/mol. The normalized spacial score (nSPS) is 23.9. The maximum Gasteiger partial charge on any atom is 0.237 e. The van der Waals surface area contributed by atoms with E-state index in [1.165, 1.54) is 12.8 Å². The molecule has 7 heteroatoms. The third-order valence-electron chi connectivity index (χ3n) is 6.60. The molecular formula is C22H32N4O3. The van der Waals surface area contributed by atoms with Crippen LogP contribution in [-0.2, 0) is 9.59 Å². The minimum absolute atomic E-state index is 0.0216. The fourth-order valence-corrected chi connectivity index (χ4v) is 4.92. The number of benzene rings is 1. The van der Waals surface area contributed by atoms with E-state index in [0.29, 0.717) is 32.1 Å². The molecule has 0 aromatic heterocycles. The van der Waals surface area contributed by atoms with E-state index in [1.54, 1.807) is 7.11 Å². The molecule has 7 nitrogen and oxygen atoms in total. The van der Waals surface area contributed by atoms with E-state index in [-0.39, 0.29) is 17.9 Å². The van der Waals surface area contributed by atoms with Gasteiger partial charge in [0.2, 0.25) is 11.8 Å². The van der Waals surface area contributed by atoms with Crippen LogP contribution in [0.3, 0.4) is 0 Å². The van der Waals surface area contributed by atoms with E-state index in [9.17, 15) is 9.59 Å². The number of rotatable bonds is 5. The van der Waals surface area contributed by atoms with Gasteiger partial charge in [0.15, 0.2) is 0 Å². The van der Waals surface area contributed by atoms with Crippen molar-refractivity contribution in [1.82, 2.24) is 15.1 Å². The van der Waals surface area contributed by atoms with Crippen LogP contribution in [0.25, 0.3) is 0 Å². The number of methoxy groups -OCH3 is 1. The predicted octanol–water partition coefficient (Wildman–Crippen LogP) is 1.48. The summed E-state index contributed by atoms with van der Waals surface area (Å²) in [7, 11) is 1.67. The largest absolute Gasteiger partial charge is 0.497 e. The first-order valence-corrected chi connectivity index (χ1v) is 10.9. The van der Waals surface area contributed by atoms with Crippen molar-refractivity contribution >= 4 is 17.5 Å². The zero-order valence-electron chi connectivity index (χ0n) is 17.3. The highest BCUT2D eigenvalue weighted by atomic mass is 16.5. The maximum atomic E-state index is 13.0. The van der Waals surface area contributed by atoms with Crippen LogP contribution >= 0.6 is 0 Å². The van der Waals surface area contributed by atoms with E-state index in [4.69, 9.17) is 4.74 Å². The third-order valence-corrected chi connectivity index (χ3v) is 6.60. The Morgan fingerprint density at radius 2 is 1.76 bits per heavy atom. The van der Waals surface area contributed by atoms with Gasteiger partial charge < -0.3 is 19.9 Å². The van der Waals surface area contributed by atoms with Crippen LogP contribution in [0, 0.1) is 0 Å². The number of amides is 2. The van der Waals surface area contributed by atoms with Crippen LogP contribution in [0.4, 0.5) is 5.69 Å². The molecular weight excluding hydrogens is 368 g/mol. The topological polar surface area (TPSA) is 65.1 Å². The summed E-state index contributed by atoms with van der Waals surface area (Å²) in [6.45, 7) is 4.56. The van der Waals surface area contributed by atoms with E-state index in [0.717, 1.165) is 43.9 Å². The quantitative estimate of drug-likeness (QED) is 0.811. The van der Waals surface area contributed by atoms with Crippen molar-refractivity contribution in [3.05, 3.63) is 24.3 Å². The number of nitrogens with zero attached hydrogens (tertiary/aromatic N) is 3. The summed E-state index contributed by atoms with van der Waals surface area (Å²) in [5.74, 6) is 0.970. The molecule has 1 N–H and O–H groups in total. The molecule has 1 saturated carbocycles. The highest BCUT2D eigenvalue weighted by molar-refractivity contribution is 5.89. The van der Waals surface area contributed by atoms with Crippen molar-refractivity contribution < 1.29 is 14.3 Å². The average Bonchev–Trinajstić information content (AvgIpc) is 3.30. The van der Waals surface area contributed by atoms with Gasteiger partial charge in [0, 0.05) is 51.0 Å². The summed E-state index contributed by atoms with van der Waals surface area (Å²) < 4.78 is 5.22. The Morgan fingerprint density at radius 3 is 2.41 bits per heavy atom. The van der Waals surface area contributed by atoms with Gasteiger partial charge in [-0.25, -0.2) is 0 Å². The summed E-state index contributed by atoms with van der Waals surface area (Å²) in [5.41, 5.74) is 1.15. The molecule has 1 aliphatic carbocycles. The minimum atomic E-state index is -0.307. The molecule has 1 aromatic rings. The summed E-state index contributed by atoms with van der Waals surface area (Å²) in [5, 5.41) is 2.96. The van der Waals surface area contributed by atoms with E-state index in [1.807, 2.05) is 17.0 Å². The SMILES string of the molecule is COc1ccc(N2CCN(C(=O)C[C@H]3C(=O)NCCN3C3CCCC3)CC2)cc1. The van der Waals surface area contributed by atoms with E-state index < -0.39 is 0 Å². The van der Waals surface area contributed by atoms with E-state index in [2.05, 4.69) is 27.2 Å². The average molecular weight is 401 g/mol. The van der Waals surface area contributed by atoms with Crippen molar-refractivity contribution in [3.63, 3.8) is 0 Å². The van der Waals surface area contributed by atoms with Crippen molar-refractivity contribution in [2.75, 3.05) is 51.3 Å². The van der Waals surface area contributed by atoms with Gasteiger partial charge in [0.25, 0.3) is 0 Å². The number of carbonyl (C=O) groups is 2. The summed E-state index contributed by atoms with van der Waals surface area (Å²) in [4.78, 5) is 32.0. The van der Waals surface area contributed by atoms with Crippen molar-refractivity contribution in [1.29, 1.82) is 0 Å². The molecule has 4 rings (SSSR count). The molecule has 2 saturated heterocycles. The molecule has 2 amide bonds. The third kappa shape index (κ3) is 4.50. The van der Waals surface area contributed by atoms with Gasteiger partial charge in [-0.05, 0) is 37.1 Å². The minimum Gasteiger partial charge on any atom is -0.497 e. The summed E-state index contributed by atoms with van der Waals surface area (Å²) >= 11 is 0. The maximum absolute atomic E-state index is 13.0.